The van der Waals surface area contributed by atoms with E-state index < -0.39 is 15.9 Å². The van der Waals surface area contributed by atoms with Crippen molar-refractivity contribution in [1.29, 1.82) is 5.26 Å². The lowest BCUT2D eigenvalue weighted by atomic mass is 10.1. The van der Waals surface area contributed by atoms with Gasteiger partial charge in [-0.3, -0.25) is 9.52 Å². The topological polar surface area (TPSA) is 118 Å². The number of nitrogens with one attached hydrogen (secondary N) is 2. The van der Waals surface area contributed by atoms with E-state index in [1.807, 2.05) is 6.07 Å². The second kappa shape index (κ2) is 8.38. The van der Waals surface area contributed by atoms with E-state index in [1.54, 1.807) is 48.5 Å². The molecule has 3 aromatic carbocycles. The van der Waals surface area contributed by atoms with Gasteiger partial charge in [-0.05, 0) is 48.5 Å². The summed E-state index contributed by atoms with van der Waals surface area (Å²) in [6.45, 7) is 0.755. The maximum atomic E-state index is 12.8. The number of benzene rings is 3. The van der Waals surface area contributed by atoms with Crippen LogP contribution in [0.4, 0.5) is 11.4 Å². The summed E-state index contributed by atoms with van der Waals surface area (Å²) < 4.78 is 38.9. The molecule has 2 N–H and O–H groups in total. The van der Waals surface area contributed by atoms with Crippen molar-refractivity contribution in [3.05, 3.63) is 77.9 Å². The average molecular weight is 435 g/mol. The summed E-state index contributed by atoms with van der Waals surface area (Å²) in [6.07, 6.45) is 0. The third-order valence-corrected chi connectivity index (χ3v) is 5.83. The highest BCUT2D eigenvalue weighted by molar-refractivity contribution is 7.92. The van der Waals surface area contributed by atoms with Gasteiger partial charge in [0.05, 0.1) is 16.5 Å². The molecule has 0 spiro atoms. The maximum Gasteiger partial charge on any atom is 0.262 e. The average Bonchev–Trinajstić information content (AvgIpc) is 2.78. The molecule has 0 fully saturated rings. The lowest BCUT2D eigenvalue weighted by Crippen LogP contribution is -2.17. The minimum Gasteiger partial charge on any atom is -0.486 e. The van der Waals surface area contributed by atoms with Gasteiger partial charge < -0.3 is 14.8 Å². The summed E-state index contributed by atoms with van der Waals surface area (Å²) in [5, 5.41) is 11.7. The largest absolute Gasteiger partial charge is 0.486 e. The molecule has 1 amide bonds. The van der Waals surface area contributed by atoms with Gasteiger partial charge in [0.25, 0.3) is 15.9 Å². The SMILES string of the molecule is N#Cc1cccc(NC(=O)c2cccc(NS(=O)(=O)c3ccc4c(c3)OCCO4)c2)c1. The molecule has 31 heavy (non-hydrogen) atoms. The number of anilines is 2. The molecule has 0 saturated carbocycles. The van der Waals surface area contributed by atoms with E-state index in [0.29, 0.717) is 36.0 Å². The van der Waals surface area contributed by atoms with Crippen molar-refractivity contribution in [3.63, 3.8) is 0 Å². The van der Waals surface area contributed by atoms with Crippen LogP contribution in [0.5, 0.6) is 11.5 Å². The first-order valence-electron chi connectivity index (χ1n) is 9.29. The van der Waals surface area contributed by atoms with Crippen LogP contribution in [0.2, 0.25) is 0 Å². The first-order chi connectivity index (χ1) is 14.9. The molecule has 3 aromatic rings. The Labute approximate surface area is 179 Å². The van der Waals surface area contributed by atoms with Crippen LogP contribution in [0.15, 0.2) is 71.6 Å². The van der Waals surface area contributed by atoms with Gasteiger partial charge in [-0.25, -0.2) is 8.42 Å². The molecule has 4 rings (SSSR count). The number of carbonyl (C=O) groups is 1. The highest BCUT2D eigenvalue weighted by Gasteiger charge is 2.20. The van der Waals surface area contributed by atoms with Gasteiger partial charge in [0.15, 0.2) is 11.5 Å². The first kappa shape index (κ1) is 20.3. The van der Waals surface area contributed by atoms with Gasteiger partial charge in [-0.15, -0.1) is 0 Å². The lowest BCUT2D eigenvalue weighted by molar-refractivity contribution is 0.102. The summed E-state index contributed by atoms with van der Waals surface area (Å²) in [5.41, 5.74) is 1.36. The minimum absolute atomic E-state index is 0.0138. The van der Waals surface area contributed by atoms with Crippen molar-refractivity contribution < 1.29 is 22.7 Å². The van der Waals surface area contributed by atoms with E-state index in [1.165, 1.54) is 18.2 Å². The molecule has 1 heterocycles. The fraction of sp³-hybridized carbons (Fsp3) is 0.0909. The third kappa shape index (κ3) is 4.60. The normalized spacial score (nSPS) is 12.5. The molecule has 9 heteroatoms. The number of carbonyl (C=O) groups excluding carboxylic acids is 1. The van der Waals surface area contributed by atoms with Crippen molar-refractivity contribution in [2.24, 2.45) is 0 Å². The number of sulfonamides is 1. The predicted octanol–water partition coefficient (Wildman–Crippen LogP) is 3.38. The summed E-state index contributed by atoms with van der Waals surface area (Å²) in [4.78, 5) is 12.6. The number of nitrogens with zero attached hydrogens (tertiary/aromatic N) is 1. The zero-order valence-corrected chi connectivity index (χ0v) is 17.0. The van der Waals surface area contributed by atoms with E-state index in [2.05, 4.69) is 10.0 Å². The van der Waals surface area contributed by atoms with E-state index in [9.17, 15) is 13.2 Å². The Morgan fingerprint density at radius 1 is 0.903 bits per heavy atom. The molecular formula is C22H17N3O5S. The Hall–Kier alpha value is -4.03. The fourth-order valence-corrected chi connectivity index (χ4v) is 4.06. The molecule has 0 aromatic heterocycles. The highest BCUT2D eigenvalue weighted by Crippen LogP contribution is 2.32. The van der Waals surface area contributed by atoms with Gasteiger partial charge in [0.2, 0.25) is 0 Å². The molecule has 0 radical (unpaired) electrons. The summed E-state index contributed by atoms with van der Waals surface area (Å²) >= 11 is 0. The number of amides is 1. The van der Waals surface area contributed by atoms with Crippen LogP contribution in [0.25, 0.3) is 0 Å². The Morgan fingerprint density at radius 2 is 1.65 bits per heavy atom. The van der Waals surface area contributed by atoms with Crippen LogP contribution in [0, 0.1) is 11.3 Å². The van der Waals surface area contributed by atoms with E-state index in [4.69, 9.17) is 14.7 Å². The first-order valence-corrected chi connectivity index (χ1v) is 10.8. The molecule has 0 unspecified atom stereocenters. The van der Waals surface area contributed by atoms with Crippen molar-refractivity contribution in [2.75, 3.05) is 23.3 Å². The Bertz CT molecular complexity index is 1300. The molecule has 0 bridgehead atoms. The number of hydrogen-bond donors (Lipinski definition) is 2. The van der Waals surface area contributed by atoms with Crippen molar-refractivity contribution in [1.82, 2.24) is 0 Å². The Morgan fingerprint density at radius 3 is 2.45 bits per heavy atom. The standard InChI is InChI=1S/C22H17N3O5S/c23-14-15-3-1-5-17(11-15)24-22(26)16-4-2-6-18(12-16)25-31(27,28)19-7-8-20-21(13-19)30-10-9-29-20/h1-8,11-13,25H,9-10H2,(H,24,26). The van der Waals surface area contributed by atoms with Crippen LogP contribution in [0.1, 0.15) is 15.9 Å². The second-order valence-electron chi connectivity index (χ2n) is 6.64. The third-order valence-electron chi connectivity index (χ3n) is 4.45. The van der Waals surface area contributed by atoms with E-state index in [-0.39, 0.29) is 16.1 Å². The molecule has 1 aliphatic rings. The minimum atomic E-state index is -3.91. The number of ether oxygens (including phenoxy) is 2. The van der Waals surface area contributed by atoms with Crippen LogP contribution >= 0.6 is 0 Å². The summed E-state index contributed by atoms with van der Waals surface area (Å²) in [5.74, 6) is 0.418. The Kier molecular flexibility index (Phi) is 5.47. The van der Waals surface area contributed by atoms with E-state index >= 15 is 0 Å². The van der Waals surface area contributed by atoms with Crippen LogP contribution < -0.4 is 19.5 Å². The zero-order chi connectivity index (χ0) is 21.8. The monoisotopic (exact) mass is 435 g/mol. The van der Waals surface area contributed by atoms with Crippen LogP contribution in [-0.2, 0) is 10.0 Å². The number of nitriles is 1. The molecule has 0 aliphatic carbocycles. The summed E-state index contributed by atoms with van der Waals surface area (Å²) in [6, 6.07) is 19.0. The van der Waals surface area contributed by atoms with E-state index in [0.717, 1.165) is 0 Å². The highest BCUT2D eigenvalue weighted by atomic mass is 32.2. The predicted molar refractivity (Wildman–Crippen MR) is 114 cm³/mol. The van der Waals surface area contributed by atoms with Crippen molar-refractivity contribution in [2.45, 2.75) is 4.90 Å². The van der Waals surface area contributed by atoms with Crippen LogP contribution in [0.3, 0.4) is 0 Å². The second-order valence-corrected chi connectivity index (χ2v) is 8.32. The van der Waals surface area contributed by atoms with Crippen LogP contribution in [-0.4, -0.2) is 27.5 Å². The Balaban J connectivity index is 1.52. The van der Waals surface area contributed by atoms with Gasteiger partial charge in [-0.1, -0.05) is 12.1 Å². The molecule has 0 saturated heterocycles. The smallest absolute Gasteiger partial charge is 0.262 e. The molecule has 0 atom stereocenters. The molecular weight excluding hydrogens is 418 g/mol. The molecule has 156 valence electrons. The zero-order valence-electron chi connectivity index (χ0n) is 16.2. The van der Waals surface area contributed by atoms with Gasteiger partial charge in [0.1, 0.15) is 13.2 Å². The number of rotatable bonds is 5. The fourth-order valence-electron chi connectivity index (χ4n) is 3.00. The number of fused-ring (bicyclic) bond motifs is 1. The van der Waals surface area contributed by atoms with Gasteiger partial charge >= 0.3 is 0 Å². The maximum absolute atomic E-state index is 12.8. The van der Waals surface area contributed by atoms with Crippen molar-refractivity contribution in [3.8, 4) is 17.6 Å². The van der Waals surface area contributed by atoms with Crippen molar-refractivity contribution >= 4 is 27.3 Å². The number of hydrogen-bond acceptors (Lipinski definition) is 6. The van der Waals surface area contributed by atoms with Gasteiger partial charge in [-0.2, -0.15) is 5.26 Å². The lowest BCUT2D eigenvalue weighted by Gasteiger charge is -2.19. The quantitative estimate of drug-likeness (QED) is 0.634. The van der Waals surface area contributed by atoms with Gasteiger partial charge in [0, 0.05) is 23.0 Å². The molecule has 1 aliphatic heterocycles. The molecule has 8 nitrogen and oxygen atoms in total. The summed E-state index contributed by atoms with van der Waals surface area (Å²) in [7, 11) is -3.91.